The third-order valence-corrected chi connectivity index (χ3v) is 2.90. The highest BCUT2D eigenvalue weighted by Crippen LogP contribution is 2.42. The minimum Gasteiger partial charge on any atom is -0.506 e. The third-order valence-electron chi connectivity index (χ3n) is 1.70. The van der Waals surface area contributed by atoms with E-state index in [2.05, 4.69) is 31.9 Å². The van der Waals surface area contributed by atoms with Crippen LogP contribution in [0.1, 0.15) is 0 Å². The molecule has 0 aliphatic carbocycles. The molecule has 0 amide bonds. The largest absolute Gasteiger partial charge is 0.506 e. The summed E-state index contributed by atoms with van der Waals surface area (Å²) in [4.78, 5) is 0. The van der Waals surface area contributed by atoms with Gasteiger partial charge in [-0.1, -0.05) is 0 Å². The number of fused-ring (bicyclic) bond motifs is 1. The van der Waals surface area contributed by atoms with Crippen LogP contribution in [-0.2, 0) is 0 Å². The van der Waals surface area contributed by atoms with E-state index in [9.17, 15) is 10.2 Å². The van der Waals surface area contributed by atoms with Gasteiger partial charge in [0.25, 0.3) is 0 Å². The lowest BCUT2D eigenvalue weighted by molar-refractivity contribution is 0.456. The van der Waals surface area contributed by atoms with Crippen molar-refractivity contribution in [3.63, 3.8) is 0 Å². The molecule has 2 N–H and O–H groups in total. The predicted molar refractivity (Wildman–Crippen MR) is 54.9 cm³/mol. The van der Waals surface area contributed by atoms with Gasteiger partial charge in [0.05, 0.1) is 8.95 Å². The van der Waals surface area contributed by atoms with E-state index >= 15 is 0 Å². The Morgan fingerprint density at radius 2 is 1.85 bits per heavy atom. The molecule has 0 bridgehead atoms. The number of phenols is 1. The van der Waals surface area contributed by atoms with Crippen LogP contribution in [-0.4, -0.2) is 10.2 Å². The molecule has 0 aliphatic rings. The van der Waals surface area contributed by atoms with Gasteiger partial charge in [-0.05, 0) is 37.9 Å². The van der Waals surface area contributed by atoms with E-state index in [0.717, 1.165) is 0 Å². The second-order valence-electron chi connectivity index (χ2n) is 2.51. The Labute approximate surface area is 90.2 Å². The minimum atomic E-state index is -0.0745. The smallest absolute Gasteiger partial charge is 0.165 e. The molecule has 0 spiro atoms. The molecule has 0 unspecified atom stereocenters. The van der Waals surface area contributed by atoms with E-state index < -0.39 is 0 Å². The van der Waals surface area contributed by atoms with Crippen molar-refractivity contribution >= 4 is 42.8 Å². The summed E-state index contributed by atoms with van der Waals surface area (Å²) in [6.07, 6.45) is 1.18. The summed E-state index contributed by atoms with van der Waals surface area (Å²) >= 11 is 6.40. The lowest BCUT2D eigenvalue weighted by Gasteiger charge is -1.99. The van der Waals surface area contributed by atoms with Gasteiger partial charge in [-0.25, -0.2) is 0 Å². The van der Waals surface area contributed by atoms with Crippen LogP contribution in [0.4, 0.5) is 0 Å². The Morgan fingerprint density at radius 1 is 1.15 bits per heavy atom. The summed E-state index contributed by atoms with van der Waals surface area (Å²) in [5, 5.41) is 19.2. The number of halogens is 2. The first kappa shape index (κ1) is 8.90. The highest BCUT2D eigenvalue weighted by Gasteiger charge is 2.15. The molecule has 2 aromatic rings. The average molecular weight is 308 g/mol. The van der Waals surface area contributed by atoms with E-state index in [1.165, 1.54) is 6.26 Å². The summed E-state index contributed by atoms with van der Waals surface area (Å²) in [5.41, 5.74) is 0.429. The maximum Gasteiger partial charge on any atom is 0.165 e. The molecule has 1 aromatic heterocycles. The van der Waals surface area contributed by atoms with E-state index in [1.54, 1.807) is 6.07 Å². The van der Waals surface area contributed by atoms with Crippen LogP contribution in [0.3, 0.4) is 0 Å². The van der Waals surface area contributed by atoms with Crippen molar-refractivity contribution in [2.24, 2.45) is 0 Å². The van der Waals surface area contributed by atoms with E-state index in [0.29, 0.717) is 19.9 Å². The number of benzene rings is 1. The van der Waals surface area contributed by atoms with Crippen molar-refractivity contribution in [3.05, 3.63) is 21.3 Å². The minimum absolute atomic E-state index is 0.0237. The van der Waals surface area contributed by atoms with Crippen molar-refractivity contribution in [1.29, 1.82) is 0 Å². The molecule has 0 fully saturated rings. The van der Waals surface area contributed by atoms with Crippen molar-refractivity contribution in [2.75, 3.05) is 0 Å². The molecule has 2 rings (SSSR count). The highest BCUT2D eigenvalue weighted by atomic mass is 79.9. The zero-order valence-corrected chi connectivity index (χ0v) is 9.39. The van der Waals surface area contributed by atoms with E-state index in [4.69, 9.17) is 4.42 Å². The topological polar surface area (TPSA) is 53.6 Å². The van der Waals surface area contributed by atoms with Crippen LogP contribution in [0, 0.1) is 0 Å². The number of rotatable bonds is 0. The molecule has 68 valence electrons. The Bertz CT molecular complexity index is 476. The first-order valence-electron chi connectivity index (χ1n) is 3.38. The van der Waals surface area contributed by atoms with Gasteiger partial charge in [-0.15, -0.1) is 0 Å². The fourth-order valence-corrected chi connectivity index (χ4v) is 2.37. The van der Waals surface area contributed by atoms with Gasteiger partial charge in [0.2, 0.25) is 0 Å². The number of phenolic OH excluding ortho intramolecular Hbond substituents is 1. The van der Waals surface area contributed by atoms with E-state index in [1.807, 2.05) is 0 Å². The molecule has 0 aliphatic heterocycles. The van der Waals surface area contributed by atoms with Crippen LogP contribution in [0.15, 0.2) is 25.7 Å². The molecule has 1 aromatic carbocycles. The summed E-state index contributed by atoms with van der Waals surface area (Å²) in [5.74, 6) is -0.0982. The quantitative estimate of drug-likeness (QED) is 0.784. The van der Waals surface area contributed by atoms with Crippen LogP contribution < -0.4 is 0 Å². The predicted octanol–water partition coefficient (Wildman–Crippen LogP) is 3.37. The third kappa shape index (κ3) is 1.23. The molecule has 0 saturated carbocycles. The van der Waals surface area contributed by atoms with Crippen molar-refractivity contribution in [1.82, 2.24) is 0 Å². The number of furan rings is 1. The van der Waals surface area contributed by atoms with Gasteiger partial charge < -0.3 is 14.6 Å². The van der Waals surface area contributed by atoms with Crippen LogP contribution >= 0.6 is 31.9 Å². The zero-order valence-electron chi connectivity index (χ0n) is 6.21. The van der Waals surface area contributed by atoms with Gasteiger partial charge in [-0.3, -0.25) is 0 Å². The lowest BCUT2D eigenvalue weighted by Crippen LogP contribution is -1.73. The van der Waals surface area contributed by atoms with Crippen LogP contribution in [0.25, 0.3) is 11.0 Å². The SMILES string of the molecule is Oc1coc2c(Br)cc(Br)c(O)c12. The Morgan fingerprint density at radius 3 is 2.54 bits per heavy atom. The van der Waals surface area contributed by atoms with Gasteiger partial charge in [-0.2, -0.15) is 0 Å². The first-order valence-corrected chi connectivity index (χ1v) is 4.97. The van der Waals surface area contributed by atoms with Crippen LogP contribution in [0.2, 0.25) is 0 Å². The fraction of sp³-hybridized carbons (Fsp3) is 0. The normalized spacial score (nSPS) is 10.9. The molecule has 5 heteroatoms. The van der Waals surface area contributed by atoms with Gasteiger partial charge >= 0.3 is 0 Å². The maximum absolute atomic E-state index is 9.56. The van der Waals surface area contributed by atoms with Gasteiger partial charge in [0.15, 0.2) is 11.3 Å². The standard InChI is InChI=1S/C8H4Br2O3/c9-3-1-4(10)8-6(7(3)12)5(11)2-13-8/h1-2,11-12H. The van der Waals surface area contributed by atoms with Crippen molar-refractivity contribution in [2.45, 2.75) is 0 Å². The fourth-order valence-electron chi connectivity index (χ4n) is 1.12. The van der Waals surface area contributed by atoms with Gasteiger partial charge in [0.1, 0.15) is 17.4 Å². The molecule has 0 saturated heterocycles. The maximum atomic E-state index is 9.56. The number of hydrogen-bond acceptors (Lipinski definition) is 3. The van der Waals surface area contributed by atoms with Gasteiger partial charge in [0, 0.05) is 0 Å². The van der Waals surface area contributed by atoms with Crippen molar-refractivity contribution in [3.8, 4) is 11.5 Å². The Hall–Kier alpha value is -0.680. The summed E-state index contributed by atoms with van der Waals surface area (Å²) in [6, 6.07) is 1.65. The second kappa shape index (κ2) is 2.92. The molecule has 0 atom stereocenters. The highest BCUT2D eigenvalue weighted by molar-refractivity contribution is 9.11. The lowest BCUT2D eigenvalue weighted by atomic mass is 10.2. The molecular weight excluding hydrogens is 304 g/mol. The summed E-state index contributed by atoms with van der Waals surface area (Å²) in [7, 11) is 0. The monoisotopic (exact) mass is 306 g/mol. The molecule has 1 heterocycles. The molecule has 0 radical (unpaired) electrons. The Kier molecular flexibility index (Phi) is 2.00. The summed E-state index contributed by atoms with van der Waals surface area (Å²) < 4.78 is 6.21. The second-order valence-corrected chi connectivity index (χ2v) is 4.22. The molecule has 3 nitrogen and oxygen atoms in total. The summed E-state index contributed by atoms with van der Waals surface area (Å²) in [6.45, 7) is 0. The van der Waals surface area contributed by atoms with Crippen LogP contribution in [0.5, 0.6) is 11.5 Å². The average Bonchev–Trinajstić information content (AvgIpc) is 2.44. The Balaban J connectivity index is 3.00. The first-order chi connectivity index (χ1) is 6.11. The zero-order chi connectivity index (χ0) is 9.59. The van der Waals surface area contributed by atoms with E-state index in [-0.39, 0.29) is 11.5 Å². The van der Waals surface area contributed by atoms with Crippen molar-refractivity contribution < 1.29 is 14.6 Å². The molecular formula is C8H4Br2O3. The molecule has 13 heavy (non-hydrogen) atoms. The number of hydrogen-bond donors (Lipinski definition) is 2. The number of aromatic hydroxyl groups is 2.